The summed E-state index contributed by atoms with van der Waals surface area (Å²) in [5.41, 5.74) is 0. The molecule has 1 unspecified atom stereocenters. The van der Waals surface area contributed by atoms with Crippen LogP contribution in [-0.2, 0) is 4.74 Å². The standard InChI is InChI=1S/C13H29N3O.HI/c1-6-17-10-9-15-13(14-5)16-12(4)8-7-11(2)3;/h11-12H,6-10H2,1-5H3,(H2,14,15,16);1H. The van der Waals surface area contributed by atoms with Crippen molar-refractivity contribution in [1.29, 1.82) is 0 Å². The van der Waals surface area contributed by atoms with Gasteiger partial charge in [0, 0.05) is 26.2 Å². The number of ether oxygens (including phenoxy) is 1. The highest BCUT2D eigenvalue weighted by atomic mass is 127. The van der Waals surface area contributed by atoms with E-state index in [2.05, 4.69) is 36.4 Å². The number of nitrogens with zero attached hydrogens (tertiary/aromatic N) is 1. The van der Waals surface area contributed by atoms with Crippen molar-refractivity contribution in [2.24, 2.45) is 10.9 Å². The average Bonchev–Trinajstić information content (AvgIpc) is 2.30. The van der Waals surface area contributed by atoms with Gasteiger partial charge in [-0.25, -0.2) is 0 Å². The molecule has 0 radical (unpaired) electrons. The summed E-state index contributed by atoms with van der Waals surface area (Å²) in [6.45, 7) is 11.0. The van der Waals surface area contributed by atoms with Crippen molar-refractivity contribution in [3.63, 3.8) is 0 Å². The molecule has 0 aromatic carbocycles. The third kappa shape index (κ3) is 12.4. The van der Waals surface area contributed by atoms with Gasteiger partial charge in [-0.3, -0.25) is 4.99 Å². The Morgan fingerprint density at radius 3 is 2.39 bits per heavy atom. The van der Waals surface area contributed by atoms with Gasteiger partial charge in [0.25, 0.3) is 0 Å². The topological polar surface area (TPSA) is 45.6 Å². The molecule has 0 amide bonds. The van der Waals surface area contributed by atoms with Crippen molar-refractivity contribution < 1.29 is 4.74 Å². The van der Waals surface area contributed by atoms with E-state index in [0.29, 0.717) is 6.04 Å². The molecule has 0 saturated heterocycles. The fraction of sp³-hybridized carbons (Fsp3) is 0.923. The molecule has 5 heteroatoms. The van der Waals surface area contributed by atoms with E-state index in [1.165, 1.54) is 12.8 Å². The molecule has 0 aliphatic carbocycles. The van der Waals surface area contributed by atoms with Crippen molar-refractivity contribution in [1.82, 2.24) is 10.6 Å². The van der Waals surface area contributed by atoms with Gasteiger partial charge < -0.3 is 15.4 Å². The highest BCUT2D eigenvalue weighted by molar-refractivity contribution is 14.0. The summed E-state index contributed by atoms with van der Waals surface area (Å²) in [7, 11) is 1.80. The largest absolute Gasteiger partial charge is 0.380 e. The fourth-order valence-electron chi connectivity index (χ4n) is 1.47. The van der Waals surface area contributed by atoms with Crippen LogP contribution in [0.1, 0.15) is 40.5 Å². The molecule has 0 saturated carbocycles. The van der Waals surface area contributed by atoms with Gasteiger partial charge in [0.2, 0.25) is 0 Å². The third-order valence-corrected chi connectivity index (χ3v) is 2.53. The van der Waals surface area contributed by atoms with Gasteiger partial charge in [0.1, 0.15) is 0 Å². The number of rotatable bonds is 8. The normalized spacial score (nSPS) is 13.1. The second kappa shape index (κ2) is 13.4. The van der Waals surface area contributed by atoms with Crippen LogP contribution in [0, 0.1) is 5.92 Å². The molecule has 0 aliphatic rings. The smallest absolute Gasteiger partial charge is 0.191 e. The van der Waals surface area contributed by atoms with Gasteiger partial charge in [-0.1, -0.05) is 13.8 Å². The van der Waals surface area contributed by atoms with Gasteiger partial charge >= 0.3 is 0 Å². The van der Waals surface area contributed by atoms with Crippen LogP contribution in [0.25, 0.3) is 0 Å². The zero-order valence-electron chi connectivity index (χ0n) is 12.5. The minimum absolute atomic E-state index is 0. The summed E-state index contributed by atoms with van der Waals surface area (Å²) >= 11 is 0. The van der Waals surface area contributed by atoms with E-state index in [1.54, 1.807) is 7.05 Å². The van der Waals surface area contributed by atoms with Crippen LogP contribution in [0.4, 0.5) is 0 Å². The predicted molar refractivity (Wildman–Crippen MR) is 89.9 cm³/mol. The molecular formula is C13H30IN3O. The lowest BCUT2D eigenvalue weighted by atomic mass is 10.0. The Hall–Kier alpha value is -0.0400. The lowest BCUT2D eigenvalue weighted by Gasteiger charge is -2.18. The van der Waals surface area contributed by atoms with Crippen molar-refractivity contribution in [2.45, 2.75) is 46.6 Å². The van der Waals surface area contributed by atoms with Gasteiger partial charge in [-0.2, -0.15) is 0 Å². The average molecular weight is 371 g/mol. The van der Waals surface area contributed by atoms with Crippen LogP contribution in [0.15, 0.2) is 4.99 Å². The Labute approximate surface area is 129 Å². The second-order valence-corrected chi connectivity index (χ2v) is 4.71. The summed E-state index contributed by atoms with van der Waals surface area (Å²) in [4.78, 5) is 4.19. The maximum absolute atomic E-state index is 5.27. The molecule has 1 atom stereocenters. The molecule has 0 spiro atoms. The number of guanidine groups is 1. The van der Waals surface area contributed by atoms with Crippen LogP contribution < -0.4 is 10.6 Å². The van der Waals surface area contributed by atoms with Crippen molar-refractivity contribution in [3.8, 4) is 0 Å². The molecule has 0 heterocycles. The summed E-state index contributed by atoms with van der Waals surface area (Å²) in [5.74, 6) is 1.62. The Morgan fingerprint density at radius 1 is 1.22 bits per heavy atom. The zero-order chi connectivity index (χ0) is 13.1. The third-order valence-electron chi connectivity index (χ3n) is 2.53. The van der Waals surface area contributed by atoms with E-state index in [4.69, 9.17) is 4.74 Å². The second-order valence-electron chi connectivity index (χ2n) is 4.71. The zero-order valence-corrected chi connectivity index (χ0v) is 14.8. The fourth-order valence-corrected chi connectivity index (χ4v) is 1.47. The van der Waals surface area contributed by atoms with Crippen molar-refractivity contribution >= 4 is 29.9 Å². The predicted octanol–water partition coefficient (Wildman–Crippen LogP) is 2.63. The van der Waals surface area contributed by atoms with Crippen LogP contribution in [0.2, 0.25) is 0 Å². The van der Waals surface area contributed by atoms with E-state index in [-0.39, 0.29) is 24.0 Å². The maximum atomic E-state index is 5.27. The molecule has 18 heavy (non-hydrogen) atoms. The van der Waals surface area contributed by atoms with Crippen molar-refractivity contribution in [3.05, 3.63) is 0 Å². The maximum Gasteiger partial charge on any atom is 0.191 e. The van der Waals surface area contributed by atoms with E-state index >= 15 is 0 Å². The SMILES string of the molecule is CCOCCNC(=NC)NC(C)CCC(C)C.I. The first-order chi connectivity index (χ1) is 8.10. The molecule has 0 aliphatic heterocycles. The number of hydrogen-bond donors (Lipinski definition) is 2. The molecular weight excluding hydrogens is 341 g/mol. The lowest BCUT2D eigenvalue weighted by Crippen LogP contribution is -2.43. The molecule has 4 nitrogen and oxygen atoms in total. The lowest BCUT2D eigenvalue weighted by molar-refractivity contribution is 0.152. The van der Waals surface area contributed by atoms with Gasteiger partial charge in [0.05, 0.1) is 6.61 Å². The molecule has 0 bridgehead atoms. The number of nitrogens with one attached hydrogen (secondary N) is 2. The first-order valence-electron chi connectivity index (χ1n) is 6.65. The summed E-state index contributed by atoms with van der Waals surface area (Å²) in [6, 6.07) is 0.454. The first-order valence-corrected chi connectivity index (χ1v) is 6.65. The highest BCUT2D eigenvalue weighted by Crippen LogP contribution is 2.05. The number of halogens is 1. The Balaban J connectivity index is 0. The highest BCUT2D eigenvalue weighted by Gasteiger charge is 2.05. The molecule has 0 fully saturated rings. The first kappa shape index (κ1) is 20.3. The van der Waals surface area contributed by atoms with Crippen LogP contribution in [0.3, 0.4) is 0 Å². The van der Waals surface area contributed by atoms with Crippen LogP contribution in [0.5, 0.6) is 0 Å². The van der Waals surface area contributed by atoms with E-state index < -0.39 is 0 Å². The van der Waals surface area contributed by atoms with Crippen LogP contribution >= 0.6 is 24.0 Å². The number of hydrogen-bond acceptors (Lipinski definition) is 2. The number of aliphatic imine (C=N–C) groups is 1. The monoisotopic (exact) mass is 371 g/mol. The Kier molecular flexibility index (Phi) is 15.1. The van der Waals surface area contributed by atoms with Crippen molar-refractivity contribution in [2.75, 3.05) is 26.8 Å². The Bertz CT molecular complexity index is 210. The van der Waals surface area contributed by atoms with Gasteiger partial charge in [-0.05, 0) is 32.6 Å². The minimum atomic E-state index is 0. The Morgan fingerprint density at radius 2 is 1.89 bits per heavy atom. The quantitative estimate of drug-likeness (QED) is 0.298. The van der Waals surface area contributed by atoms with E-state index in [0.717, 1.165) is 31.6 Å². The van der Waals surface area contributed by atoms with Gasteiger partial charge in [-0.15, -0.1) is 24.0 Å². The molecule has 0 rings (SSSR count). The summed E-state index contributed by atoms with van der Waals surface area (Å²) < 4.78 is 5.27. The summed E-state index contributed by atoms with van der Waals surface area (Å²) in [6.07, 6.45) is 2.41. The minimum Gasteiger partial charge on any atom is -0.380 e. The molecule has 2 N–H and O–H groups in total. The molecule has 0 aromatic rings. The van der Waals surface area contributed by atoms with E-state index in [9.17, 15) is 0 Å². The van der Waals surface area contributed by atoms with Gasteiger partial charge in [0.15, 0.2) is 5.96 Å². The van der Waals surface area contributed by atoms with E-state index in [1.807, 2.05) is 6.92 Å². The molecule has 0 aromatic heterocycles. The molecule has 110 valence electrons. The van der Waals surface area contributed by atoms with Crippen LogP contribution in [-0.4, -0.2) is 38.8 Å². The summed E-state index contributed by atoms with van der Waals surface area (Å²) in [5, 5.41) is 6.62.